The van der Waals surface area contributed by atoms with Crippen LogP contribution < -0.4 is 0 Å². The summed E-state index contributed by atoms with van der Waals surface area (Å²) in [7, 11) is 0. The van der Waals surface area contributed by atoms with E-state index in [9.17, 15) is 0 Å². The lowest BCUT2D eigenvalue weighted by Gasteiger charge is -2.04. The Kier molecular flexibility index (Phi) is 4.20. The topological polar surface area (TPSA) is 0 Å². The molecular formula is C12H7BrCl2S. The van der Waals surface area contributed by atoms with Crippen molar-refractivity contribution < 1.29 is 0 Å². The lowest BCUT2D eigenvalue weighted by molar-refractivity contribution is 1.40. The van der Waals surface area contributed by atoms with E-state index in [1.807, 2.05) is 36.4 Å². The zero-order valence-corrected chi connectivity index (χ0v) is 12.0. The third kappa shape index (κ3) is 3.17. The van der Waals surface area contributed by atoms with E-state index in [0.717, 1.165) is 14.3 Å². The first-order valence-electron chi connectivity index (χ1n) is 4.53. The maximum atomic E-state index is 6.10. The van der Waals surface area contributed by atoms with E-state index in [1.54, 1.807) is 17.8 Å². The van der Waals surface area contributed by atoms with Crippen molar-refractivity contribution in [1.29, 1.82) is 0 Å². The minimum absolute atomic E-state index is 0.658. The number of hydrogen-bond acceptors (Lipinski definition) is 1. The van der Waals surface area contributed by atoms with Crippen LogP contribution in [0.4, 0.5) is 0 Å². The molecule has 0 radical (unpaired) electrons. The largest absolute Gasteiger partial charge is 0.0885 e. The van der Waals surface area contributed by atoms with Gasteiger partial charge in [0.15, 0.2) is 0 Å². The third-order valence-corrected chi connectivity index (χ3v) is 4.21. The molecule has 0 fully saturated rings. The summed E-state index contributed by atoms with van der Waals surface area (Å²) in [4.78, 5) is 2.15. The zero-order chi connectivity index (χ0) is 11.5. The molecule has 0 spiro atoms. The van der Waals surface area contributed by atoms with Gasteiger partial charge < -0.3 is 0 Å². The number of rotatable bonds is 2. The fourth-order valence-corrected chi connectivity index (χ4v) is 2.79. The predicted octanol–water partition coefficient (Wildman–Crippen LogP) is 5.91. The van der Waals surface area contributed by atoms with E-state index in [0.29, 0.717) is 10.0 Å². The van der Waals surface area contributed by atoms with Crippen molar-refractivity contribution in [1.82, 2.24) is 0 Å². The van der Waals surface area contributed by atoms with Crippen molar-refractivity contribution in [3.8, 4) is 0 Å². The van der Waals surface area contributed by atoms with Crippen molar-refractivity contribution >= 4 is 50.9 Å². The van der Waals surface area contributed by atoms with Gasteiger partial charge in [-0.3, -0.25) is 0 Å². The summed E-state index contributed by atoms with van der Waals surface area (Å²) in [5.41, 5.74) is 0. The Balaban J connectivity index is 2.23. The summed E-state index contributed by atoms with van der Waals surface area (Å²) in [6.45, 7) is 0. The first-order valence-corrected chi connectivity index (χ1v) is 6.90. The second kappa shape index (κ2) is 5.46. The maximum absolute atomic E-state index is 6.10. The summed E-state index contributed by atoms with van der Waals surface area (Å²) in [6, 6.07) is 13.6. The maximum Gasteiger partial charge on any atom is 0.0560 e. The summed E-state index contributed by atoms with van der Waals surface area (Å²) in [6.07, 6.45) is 0. The Morgan fingerprint density at radius 2 is 1.62 bits per heavy atom. The van der Waals surface area contributed by atoms with Crippen molar-refractivity contribution in [2.75, 3.05) is 0 Å². The van der Waals surface area contributed by atoms with Crippen LogP contribution in [-0.4, -0.2) is 0 Å². The molecule has 2 aromatic rings. The van der Waals surface area contributed by atoms with Gasteiger partial charge in [0.1, 0.15) is 0 Å². The highest BCUT2D eigenvalue weighted by molar-refractivity contribution is 9.10. The van der Waals surface area contributed by atoms with Crippen molar-refractivity contribution in [3.05, 3.63) is 57.0 Å². The normalized spacial score (nSPS) is 10.4. The molecule has 0 heterocycles. The molecule has 0 amide bonds. The molecule has 0 saturated heterocycles. The number of benzene rings is 2. The molecule has 0 aliphatic carbocycles. The average molecular weight is 334 g/mol. The van der Waals surface area contributed by atoms with Gasteiger partial charge in [0.25, 0.3) is 0 Å². The van der Waals surface area contributed by atoms with Gasteiger partial charge in [-0.2, -0.15) is 0 Å². The Bertz CT molecular complexity index is 497. The van der Waals surface area contributed by atoms with Gasteiger partial charge in [0.05, 0.1) is 5.02 Å². The highest BCUT2D eigenvalue weighted by Crippen LogP contribution is 2.35. The molecule has 0 N–H and O–H groups in total. The third-order valence-electron chi connectivity index (χ3n) is 1.94. The quantitative estimate of drug-likeness (QED) is 0.658. The van der Waals surface area contributed by atoms with E-state index in [2.05, 4.69) is 15.9 Å². The van der Waals surface area contributed by atoms with Gasteiger partial charge in [0, 0.05) is 19.3 Å². The van der Waals surface area contributed by atoms with Crippen LogP contribution in [0.1, 0.15) is 0 Å². The molecule has 16 heavy (non-hydrogen) atoms. The molecule has 2 rings (SSSR count). The molecular weight excluding hydrogens is 327 g/mol. The van der Waals surface area contributed by atoms with E-state index < -0.39 is 0 Å². The van der Waals surface area contributed by atoms with Crippen LogP contribution in [0.15, 0.2) is 56.7 Å². The number of hydrogen-bond donors (Lipinski definition) is 0. The Hall–Kier alpha value is -0.150. The highest BCUT2D eigenvalue weighted by Gasteiger charge is 2.03. The number of halogens is 3. The minimum atomic E-state index is 0.658. The lowest BCUT2D eigenvalue weighted by atomic mass is 10.4. The Labute approximate surface area is 117 Å². The second-order valence-electron chi connectivity index (χ2n) is 3.13. The molecule has 4 heteroatoms. The van der Waals surface area contributed by atoms with Crippen LogP contribution >= 0.6 is 50.9 Å². The van der Waals surface area contributed by atoms with Crippen LogP contribution in [0.25, 0.3) is 0 Å². The molecule has 0 nitrogen and oxygen atoms in total. The predicted molar refractivity (Wildman–Crippen MR) is 74.7 cm³/mol. The summed E-state index contributed by atoms with van der Waals surface area (Å²) in [5.74, 6) is 0. The first-order chi connectivity index (χ1) is 7.65. The van der Waals surface area contributed by atoms with Crippen LogP contribution in [0, 0.1) is 0 Å². The van der Waals surface area contributed by atoms with E-state index >= 15 is 0 Å². The molecule has 0 aliphatic heterocycles. The fourth-order valence-electron chi connectivity index (χ4n) is 1.19. The Morgan fingerprint density at radius 3 is 2.25 bits per heavy atom. The van der Waals surface area contributed by atoms with Gasteiger partial charge in [-0.15, -0.1) is 0 Å². The first kappa shape index (κ1) is 12.3. The van der Waals surface area contributed by atoms with E-state index in [4.69, 9.17) is 23.2 Å². The van der Waals surface area contributed by atoms with Gasteiger partial charge in [0.2, 0.25) is 0 Å². The van der Waals surface area contributed by atoms with Crippen LogP contribution in [0.5, 0.6) is 0 Å². The summed E-state index contributed by atoms with van der Waals surface area (Å²) in [5, 5.41) is 1.34. The van der Waals surface area contributed by atoms with Crippen LogP contribution in [-0.2, 0) is 0 Å². The van der Waals surface area contributed by atoms with Gasteiger partial charge in [-0.05, 0) is 42.5 Å². The van der Waals surface area contributed by atoms with Crippen molar-refractivity contribution in [3.63, 3.8) is 0 Å². The summed E-state index contributed by atoms with van der Waals surface area (Å²) < 4.78 is 1.07. The summed E-state index contributed by atoms with van der Waals surface area (Å²) >= 11 is 17.0. The van der Waals surface area contributed by atoms with Crippen molar-refractivity contribution in [2.24, 2.45) is 0 Å². The monoisotopic (exact) mass is 332 g/mol. The molecule has 0 saturated carbocycles. The molecule has 2 aromatic carbocycles. The SMILES string of the molecule is Clc1ccc(Sc2ccc(Br)cc2)c(Cl)c1. The van der Waals surface area contributed by atoms with Crippen LogP contribution in [0.2, 0.25) is 10.0 Å². The van der Waals surface area contributed by atoms with E-state index in [-0.39, 0.29) is 0 Å². The highest BCUT2D eigenvalue weighted by atomic mass is 79.9. The molecule has 0 unspecified atom stereocenters. The zero-order valence-electron chi connectivity index (χ0n) is 8.08. The molecule has 0 bridgehead atoms. The molecule has 0 atom stereocenters. The lowest BCUT2D eigenvalue weighted by Crippen LogP contribution is -1.76. The second-order valence-corrected chi connectivity index (χ2v) is 6.01. The fraction of sp³-hybridized carbons (Fsp3) is 0. The van der Waals surface area contributed by atoms with Gasteiger partial charge >= 0.3 is 0 Å². The minimum Gasteiger partial charge on any atom is -0.0885 e. The smallest absolute Gasteiger partial charge is 0.0560 e. The average Bonchev–Trinajstić information content (AvgIpc) is 2.25. The van der Waals surface area contributed by atoms with Gasteiger partial charge in [-0.25, -0.2) is 0 Å². The van der Waals surface area contributed by atoms with Gasteiger partial charge in [-0.1, -0.05) is 50.9 Å². The van der Waals surface area contributed by atoms with Crippen molar-refractivity contribution in [2.45, 2.75) is 9.79 Å². The Morgan fingerprint density at radius 1 is 0.938 bits per heavy atom. The molecule has 82 valence electrons. The van der Waals surface area contributed by atoms with E-state index in [1.165, 1.54) is 0 Å². The standard InChI is InChI=1S/C12H7BrCl2S/c13-8-1-4-10(5-2-8)16-12-6-3-9(14)7-11(12)15/h1-7H. The molecule has 0 aliphatic rings. The van der Waals surface area contributed by atoms with Crippen LogP contribution in [0.3, 0.4) is 0 Å². The molecule has 0 aromatic heterocycles.